The van der Waals surface area contributed by atoms with Crippen molar-refractivity contribution < 1.29 is 9.84 Å². The highest BCUT2D eigenvalue weighted by atomic mass is 32.1. The second kappa shape index (κ2) is 4.28. The van der Waals surface area contributed by atoms with E-state index in [1.807, 2.05) is 24.3 Å². The van der Waals surface area contributed by atoms with E-state index in [0.29, 0.717) is 5.75 Å². The Hall–Kier alpha value is -1.61. The number of thiol groups is 1. The molecule has 0 fully saturated rings. The van der Waals surface area contributed by atoms with Crippen LogP contribution in [0.15, 0.2) is 53.4 Å². The van der Waals surface area contributed by atoms with Crippen molar-refractivity contribution >= 4 is 12.6 Å². The van der Waals surface area contributed by atoms with Crippen molar-refractivity contribution in [3.8, 4) is 17.2 Å². The molecule has 0 heterocycles. The van der Waals surface area contributed by atoms with Crippen LogP contribution in [0.1, 0.15) is 0 Å². The molecule has 0 radical (unpaired) electrons. The highest BCUT2D eigenvalue weighted by Crippen LogP contribution is 2.23. The first-order chi connectivity index (χ1) is 7.24. The molecule has 2 aromatic carbocycles. The van der Waals surface area contributed by atoms with Gasteiger partial charge in [-0.05, 0) is 48.5 Å². The second-order valence-electron chi connectivity index (χ2n) is 3.09. The van der Waals surface area contributed by atoms with Crippen LogP contribution in [0, 0.1) is 0 Å². The zero-order valence-electron chi connectivity index (χ0n) is 7.92. The summed E-state index contributed by atoms with van der Waals surface area (Å²) in [6.45, 7) is 0. The molecule has 2 nitrogen and oxygen atoms in total. The summed E-state index contributed by atoms with van der Waals surface area (Å²) in [4.78, 5) is 0.896. The molecular weight excluding hydrogens is 208 g/mol. The summed E-state index contributed by atoms with van der Waals surface area (Å²) in [7, 11) is 0. The predicted molar refractivity (Wildman–Crippen MR) is 61.9 cm³/mol. The monoisotopic (exact) mass is 218 g/mol. The maximum Gasteiger partial charge on any atom is 0.127 e. The third kappa shape index (κ3) is 2.67. The Labute approximate surface area is 93.6 Å². The van der Waals surface area contributed by atoms with Gasteiger partial charge in [0, 0.05) is 4.90 Å². The quantitative estimate of drug-likeness (QED) is 0.756. The minimum Gasteiger partial charge on any atom is -0.508 e. The molecule has 0 saturated carbocycles. The number of aromatic hydroxyl groups is 1. The molecule has 2 rings (SSSR count). The van der Waals surface area contributed by atoms with Crippen LogP contribution in [0.3, 0.4) is 0 Å². The lowest BCUT2D eigenvalue weighted by Crippen LogP contribution is -1.82. The highest BCUT2D eigenvalue weighted by molar-refractivity contribution is 7.80. The van der Waals surface area contributed by atoms with Gasteiger partial charge in [0.25, 0.3) is 0 Å². The molecule has 0 aliphatic heterocycles. The minimum absolute atomic E-state index is 0.230. The van der Waals surface area contributed by atoms with E-state index >= 15 is 0 Å². The highest BCUT2D eigenvalue weighted by Gasteiger charge is 1.96. The number of phenols is 1. The summed E-state index contributed by atoms with van der Waals surface area (Å²) in [5.41, 5.74) is 0. The lowest BCUT2D eigenvalue weighted by Gasteiger charge is -2.05. The molecule has 76 valence electrons. The third-order valence-corrected chi connectivity index (χ3v) is 2.21. The molecule has 0 bridgehead atoms. The number of ether oxygens (including phenoxy) is 1. The van der Waals surface area contributed by atoms with Gasteiger partial charge in [0.1, 0.15) is 17.2 Å². The fourth-order valence-corrected chi connectivity index (χ4v) is 1.31. The molecule has 0 aromatic heterocycles. The zero-order valence-corrected chi connectivity index (χ0v) is 8.82. The van der Waals surface area contributed by atoms with Crippen LogP contribution >= 0.6 is 12.6 Å². The molecule has 0 spiro atoms. The summed E-state index contributed by atoms with van der Waals surface area (Å²) < 4.78 is 5.54. The van der Waals surface area contributed by atoms with E-state index in [-0.39, 0.29) is 5.75 Å². The van der Waals surface area contributed by atoms with Gasteiger partial charge in [-0.15, -0.1) is 12.6 Å². The molecule has 0 saturated heterocycles. The van der Waals surface area contributed by atoms with Crippen LogP contribution in [0.4, 0.5) is 0 Å². The van der Waals surface area contributed by atoms with E-state index in [1.54, 1.807) is 24.3 Å². The van der Waals surface area contributed by atoms with Gasteiger partial charge in [-0.25, -0.2) is 0 Å². The Kier molecular flexibility index (Phi) is 2.83. The first-order valence-corrected chi connectivity index (χ1v) is 4.95. The maximum absolute atomic E-state index is 9.09. The number of rotatable bonds is 2. The average molecular weight is 218 g/mol. The Morgan fingerprint density at radius 3 is 1.80 bits per heavy atom. The lowest BCUT2D eigenvalue weighted by molar-refractivity contribution is 0.464. The van der Waals surface area contributed by atoms with Gasteiger partial charge in [-0.3, -0.25) is 0 Å². The maximum atomic E-state index is 9.09. The van der Waals surface area contributed by atoms with Crippen LogP contribution in [-0.4, -0.2) is 5.11 Å². The van der Waals surface area contributed by atoms with Gasteiger partial charge in [0.05, 0.1) is 0 Å². The Bertz CT molecular complexity index is 391. The summed E-state index contributed by atoms with van der Waals surface area (Å²) in [5, 5.41) is 9.09. The number of benzene rings is 2. The first kappa shape index (κ1) is 9.93. The molecule has 3 heteroatoms. The van der Waals surface area contributed by atoms with Crippen LogP contribution in [0.5, 0.6) is 17.2 Å². The molecule has 0 aliphatic rings. The molecule has 1 N–H and O–H groups in total. The smallest absolute Gasteiger partial charge is 0.127 e. The molecule has 2 aromatic rings. The van der Waals surface area contributed by atoms with E-state index in [4.69, 9.17) is 9.84 Å². The topological polar surface area (TPSA) is 29.5 Å². The lowest BCUT2D eigenvalue weighted by atomic mass is 10.3. The van der Waals surface area contributed by atoms with E-state index in [1.165, 1.54) is 0 Å². The molecule has 0 unspecified atom stereocenters. The van der Waals surface area contributed by atoms with Gasteiger partial charge < -0.3 is 9.84 Å². The third-order valence-electron chi connectivity index (χ3n) is 1.91. The standard InChI is InChI=1S/C12H10O2S/c13-9-1-3-10(4-2-9)14-11-5-7-12(15)8-6-11/h1-8,13,15H. The SMILES string of the molecule is Oc1ccc(Oc2ccc(S)cc2)cc1. The zero-order chi connectivity index (χ0) is 10.7. The summed E-state index contributed by atoms with van der Waals surface area (Å²) in [6, 6.07) is 14.0. The van der Waals surface area contributed by atoms with Gasteiger partial charge >= 0.3 is 0 Å². The van der Waals surface area contributed by atoms with Crippen molar-refractivity contribution in [2.75, 3.05) is 0 Å². The van der Waals surface area contributed by atoms with Gasteiger partial charge in [-0.1, -0.05) is 0 Å². The Balaban J connectivity index is 2.15. The fraction of sp³-hybridized carbons (Fsp3) is 0. The number of hydrogen-bond acceptors (Lipinski definition) is 3. The van der Waals surface area contributed by atoms with Crippen molar-refractivity contribution in [1.82, 2.24) is 0 Å². The van der Waals surface area contributed by atoms with Crippen LogP contribution in [0.2, 0.25) is 0 Å². The second-order valence-corrected chi connectivity index (χ2v) is 3.61. The summed E-state index contributed by atoms with van der Waals surface area (Å²) in [5.74, 6) is 1.67. The molecule has 15 heavy (non-hydrogen) atoms. The van der Waals surface area contributed by atoms with E-state index in [2.05, 4.69) is 12.6 Å². The van der Waals surface area contributed by atoms with Crippen molar-refractivity contribution in [2.45, 2.75) is 4.90 Å². The summed E-state index contributed by atoms with van der Waals surface area (Å²) in [6.07, 6.45) is 0. The van der Waals surface area contributed by atoms with E-state index < -0.39 is 0 Å². The van der Waals surface area contributed by atoms with Crippen LogP contribution in [-0.2, 0) is 0 Å². The molecule has 0 atom stereocenters. The average Bonchev–Trinajstić information content (AvgIpc) is 2.25. The van der Waals surface area contributed by atoms with Gasteiger partial charge in [-0.2, -0.15) is 0 Å². The normalized spacial score (nSPS) is 9.93. The number of hydrogen-bond donors (Lipinski definition) is 2. The van der Waals surface area contributed by atoms with E-state index in [9.17, 15) is 0 Å². The molecule has 0 amide bonds. The van der Waals surface area contributed by atoms with Crippen molar-refractivity contribution in [3.05, 3.63) is 48.5 Å². The first-order valence-electron chi connectivity index (χ1n) is 4.50. The van der Waals surface area contributed by atoms with Crippen molar-refractivity contribution in [2.24, 2.45) is 0 Å². The van der Waals surface area contributed by atoms with Crippen LogP contribution in [0.25, 0.3) is 0 Å². The fourth-order valence-electron chi connectivity index (χ4n) is 1.16. The van der Waals surface area contributed by atoms with Gasteiger partial charge in [0.2, 0.25) is 0 Å². The van der Waals surface area contributed by atoms with E-state index in [0.717, 1.165) is 10.6 Å². The number of phenolic OH excluding ortho intramolecular Hbond substituents is 1. The Morgan fingerprint density at radius 2 is 1.27 bits per heavy atom. The predicted octanol–water partition coefficient (Wildman–Crippen LogP) is 3.47. The molecule has 0 aliphatic carbocycles. The largest absolute Gasteiger partial charge is 0.508 e. The summed E-state index contributed by atoms with van der Waals surface area (Å²) >= 11 is 4.18. The van der Waals surface area contributed by atoms with Crippen LogP contribution < -0.4 is 4.74 Å². The Morgan fingerprint density at radius 1 is 0.800 bits per heavy atom. The van der Waals surface area contributed by atoms with Gasteiger partial charge in [0.15, 0.2) is 0 Å². The minimum atomic E-state index is 0.230. The van der Waals surface area contributed by atoms with Crippen molar-refractivity contribution in [3.63, 3.8) is 0 Å². The molecular formula is C12H10O2S. The van der Waals surface area contributed by atoms with Crippen molar-refractivity contribution in [1.29, 1.82) is 0 Å².